The van der Waals surface area contributed by atoms with Crippen molar-refractivity contribution in [3.63, 3.8) is 0 Å². The zero-order chi connectivity index (χ0) is 33.2. The van der Waals surface area contributed by atoms with Crippen molar-refractivity contribution in [2.45, 2.75) is 85.1 Å². The minimum absolute atomic E-state index is 0.0633. The average Bonchev–Trinajstić information content (AvgIpc) is 2.93. The van der Waals surface area contributed by atoms with Gasteiger partial charge in [-0.2, -0.15) is 0 Å². The molecule has 0 heterocycles. The van der Waals surface area contributed by atoms with E-state index in [0.717, 1.165) is 15.9 Å². The van der Waals surface area contributed by atoms with Crippen LogP contribution in [0.1, 0.15) is 68.2 Å². The molecule has 0 bridgehead atoms. The van der Waals surface area contributed by atoms with Gasteiger partial charge in [0.25, 0.3) is 0 Å². The quantitative estimate of drug-likeness (QED) is 0.217. The lowest BCUT2D eigenvalue weighted by atomic mass is 9.73. The highest BCUT2D eigenvalue weighted by Gasteiger charge is 2.64. The zero-order valence-corrected chi connectivity index (χ0v) is 28.6. The van der Waals surface area contributed by atoms with Crippen LogP contribution in [0.4, 0.5) is 0 Å². The Hall–Kier alpha value is -3.76. The normalized spacial score (nSPS) is 16.9. The summed E-state index contributed by atoms with van der Waals surface area (Å²) in [6.45, 7) is 14.4. The molecule has 2 atom stereocenters. The van der Waals surface area contributed by atoms with Gasteiger partial charge in [-0.05, 0) is 83.4 Å². The summed E-state index contributed by atoms with van der Waals surface area (Å²) in [5.74, 6) is -3.40. The van der Waals surface area contributed by atoms with Crippen molar-refractivity contribution in [2.75, 3.05) is 0 Å². The number of ketones is 1. The molecule has 0 amide bonds. The Labute approximate surface area is 268 Å². The molecule has 238 valence electrons. The molecule has 0 saturated carbocycles. The number of carbonyl (C=O) groups excluding carboxylic acids is 3. The molecule has 1 aliphatic carbocycles. The Kier molecular flexibility index (Phi) is 9.80. The summed E-state index contributed by atoms with van der Waals surface area (Å²) in [6.07, 6.45) is 0.294. The number of aliphatic hydroxyl groups excluding tert-OH is 1. The molecule has 0 fully saturated rings. The molecular weight excluding hydrogens is 583 g/mol. The van der Waals surface area contributed by atoms with Crippen molar-refractivity contribution in [1.82, 2.24) is 0 Å². The number of Topliss-reactive ketones (excluding diaryl/α,β-unsaturated/α-hetero) is 1. The van der Waals surface area contributed by atoms with Gasteiger partial charge in [0.1, 0.15) is 46.1 Å². The number of esters is 2. The fraction of sp³-hybridized carbons (Fsp3) is 0.395. The first kappa shape index (κ1) is 34.1. The highest BCUT2D eigenvalue weighted by atomic mass is 31.2. The number of aliphatic hydroxyl groups is 1. The third-order valence-electron chi connectivity index (χ3n) is 7.74. The van der Waals surface area contributed by atoms with Gasteiger partial charge in [-0.1, -0.05) is 68.4 Å². The van der Waals surface area contributed by atoms with E-state index in [-0.39, 0.29) is 30.0 Å². The van der Waals surface area contributed by atoms with Gasteiger partial charge in [0.05, 0.1) is 5.57 Å². The molecular formula is C38H46O6P+. The van der Waals surface area contributed by atoms with Gasteiger partial charge in [-0.15, -0.1) is 0 Å². The number of allylic oxidation sites excluding steroid dienone is 1. The standard InChI is InChI=1S/C38H45O6P/c1-36(2,3)43-34(41)32(31-29(39)24-38(7,8)25-30(31)40)33(35(42)44-37(4,5)6)45(26-18-12-9-13-19-26,27-20-14-10-15-21-27)28-22-16-11-17-23-28/h9-23,32-33H,24-25H2,1-8H3/p+1. The van der Waals surface area contributed by atoms with E-state index in [9.17, 15) is 14.7 Å². The monoisotopic (exact) mass is 629 g/mol. The third-order valence-corrected chi connectivity index (χ3v) is 12.4. The average molecular weight is 630 g/mol. The second-order valence-corrected chi connectivity index (χ2v) is 18.1. The predicted molar refractivity (Wildman–Crippen MR) is 182 cm³/mol. The molecule has 0 aromatic heterocycles. The Balaban J connectivity index is 2.22. The lowest BCUT2D eigenvalue weighted by Gasteiger charge is -2.40. The fourth-order valence-corrected chi connectivity index (χ4v) is 11.1. The molecule has 6 nitrogen and oxygen atoms in total. The number of ether oxygens (including phenoxy) is 2. The highest BCUT2D eigenvalue weighted by molar-refractivity contribution is 7.97. The molecule has 0 saturated heterocycles. The van der Waals surface area contributed by atoms with Crippen LogP contribution in [0.15, 0.2) is 102 Å². The predicted octanol–water partition coefficient (Wildman–Crippen LogP) is 6.85. The maximum Gasteiger partial charge on any atom is 0.350 e. The first-order valence-electron chi connectivity index (χ1n) is 15.4. The van der Waals surface area contributed by atoms with Crippen molar-refractivity contribution < 1.29 is 29.0 Å². The smallest absolute Gasteiger partial charge is 0.350 e. The van der Waals surface area contributed by atoms with Crippen molar-refractivity contribution in [1.29, 1.82) is 0 Å². The summed E-state index contributed by atoms with van der Waals surface area (Å²) in [5.41, 5.74) is -3.68. The maximum atomic E-state index is 15.0. The number of rotatable bonds is 8. The van der Waals surface area contributed by atoms with Gasteiger partial charge in [-0.25, -0.2) is 4.79 Å². The lowest BCUT2D eigenvalue weighted by Crippen LogP contribution is -2.52. The lowest BCUT2D eigenvalue weighted by molar-refractivity contribution is -0.165. The number of benzene rings is 3. The van der Waals surface area contributed by atoms with Crippen LogP contribution >= 0.6 is 7.26 Å². The largest absolute Gasteiger partial charge is 0.512 e. The summed E-state index contributed by atoms with van der Waals surface area (Å²) in [7, 11) is -3.21. The van der Waals surface area contributed by atoms with Crippen LogP contribution in [0, 0.1) is 11.3 Å². The number of hydrogen-bond donors (Lipinski definition) is 1. The first-order valence-corrected chi connectivity index (χ1v) is 17.3. The van der Waals surface area contributed by atoms with Crippen LogP contribution in [-0.2, 0) is 23.9 Å². The summed E-state index contributed by atoms with van der Waals surface area (Å²) in [5, 5.41) is 14.1. The van der Waals surface area contributed by atoms with Gasteiger partial charge in [0.15, 0.2) is 11.4 Å². The van der Waals surface area contributed by atoms with E-state index in [4.69, 9.17) is 9.47 Å². The van der Waals surface area contributed by atoms with E-state index < -0.39 is 47.4 Å². The Bertz CT molecular complexity index is 1450. The maximum absolute atomic E-state index is 15.0. The Morgan fingerprint density at radius 1 is 0.689 bits per heavy atom. The summed E-state index contributed by atoms with van der Waals surface area (Å²) in [6, 6.07) is 29.0. The van der Waals surface area contributed by atoms with E-state index in [1.54, 1.807) is 41.5 Å². The van der Waals surface area contributed by atoms with Gasteiger partial charge in [-0.3, -0.25) is 9.59 Å². The first-order chi connectivity index (χ1) is 21.0. The third kappa shape index (κ3) is 7.56. The van der Waals surface area contributed by atoms with E-state index in [1.807, 2.05) is 105 Å². The van der Waals surface area contributed by atoms with Gasteiger partial charge in [0, 0.05) is 12.8 Å². The van der Waals surface area contributed by atoms with Crippen LogP contribution in [-0.4, -0.2) is 39.7 Å². The molecule has 2 unspecified atom stereocenters. The molecule has 3 aromatic rings. The van der Waals surface area contributed by atoms with Gasteiger partial charge in [0.2, 0.25) is 0 Å². The van der Waals surface area contributed by atoms with E-state index in [0.29, 0.717) is 0 Å². The summed E-state index contributed by atoms with van der Waals surface area (Å²) < 4.78 is 12.2. The molecule has 0 aliphatic heterocycles. The van der Waals surface area contributed by atoms with Crippen LogP contribution in [0.3, 0.4) is 0 Å². The molecule has 0 radical (unpaired) electrons. The second kappa shape index (κ2) is 12.9. The second-order valence-electron chi connectivity index (χ2n) is 14.5. The van der Waals surface area contributed by atoms with Crippen molar-refractivity contribution in [3.05, 3.63) is 102 Å². The Morgan fingerprint density at radius 2 is 1.07 bits per heavy atom. The molecule has 4 rings (SSSR count). The molecule has 45 heavy (non-hydrogen) atoms. The van der Waals surface area contributed by atoms with Gasteiger partial charge >= 0.3 is 11.9 Å². The van der Waals surface area contributed by atoms with E-state index in [2.05, 4.69) is 0 Å². The van der Waals surface area contributed by atoms with E-state index >= 15 is 4.79 Å². The van der Waals surface area contributed by atoms with E-state index in [1.165, 1.54) is 0 Å². The van der Waals surface area contributed by atoms with Crippen molar-refractivity contribution in [3.8, 4) is 0 Å². The summed E-state index contributed by atoms with van der Waals surface area (Å²) in [4.78, 5) is 43.8. The van der Waals surface area contributed by atoms with Crippen LogP contribution < -0.4 is 15.9 Å². The van der Waals surface area contributed by atoms with Crippen molar-refractivity contribution in [2.24, 2.45) is 11.3 Å². The minimum Gasteiger partial charge on any atom is -0.512 e. The zero-order valence-electron chi connectivity index (χ0n) is 27.7. The molecule has 0 spiro atoms. The van der Waals surface area contributed by atoms with Crippen LogP contribution in [0.2, 0.25) is 0 Å². The minimum atomic E-state index is -3.21. The highest BCUT2D eigenvalue weighted by Crippen LogP contribution is 2.64. The molecule has 7 heteroatoms. The molecule has 1 N–H and O–H groups in total. The van der Waals surface area contributed by atoms with Crippen LogP contribution in [0.5, 0.6) is 0 Å². The number of carbonyl (C=O) groups is 3. The SMILES string of the molecule is CC1(C)CC(=O)C(C(C(=O)OC(C)(C)C)C(C(=O)OC(C)(C)C)[P+](c2ccccc2)(c2ccccc2)c2ccccc2)=C(O)C1. The fourth-order valence-electron chi connectivity index (χ4n) is 6.22. The summed E-state index contributed by atoms with van der Waals surface area (Å²) >= 11 is 0. The molecule has 3 aromatic carbocycles. The Morgan fingerprint density at radius 3 is 1.42 bits per heavy atom. The molecule has 1 aliphatic rings. The topological polar surface area (TPSA) is 89.9 Å². The van der Waals surface area contributed by atoms with Crippen LogP contribution in [0.25, 0.3) is 0 Å². The van der Waals surface area contributed by atoms with Crippen molar-refractivity contribution >= 4 is 40.9 Å². The van der Waals surface area contributed by atoms with Gasteiger partial charge < -0.3 is 14.6 Å². The number of hydrogen-bond acceptors (Lipinski definition) is 6.